The molecule has 2 unspecified atom stereocenters. The van der Waals surface area contributed by atoms with Gasteiger partial charge in [-0.15, -0.1) is 0 Å². The van der Waals surface area contributed by atoms with Crippen LogP contribution in [0.5, 0.6) is 11.5 Å². The first kappa shape index (κ1) is 60.1. The highest BCUT2D eigenvalue weighted by Crippen LogP contribution is 2.42. The number of rotatable bonds is 21. The van der Waals surface area contributed by atoms with Gasteiger partial charge in [0, 0.05) is 132 Å². The molecule has 82 heavy (non-hydrogen) atoms. The summed E-state index contributed by atoms with van der Waals surface area (Å²) in [4.78, 5) is 23.5. The van der Waals surface area contributed by atoms with Gasteiger partial charge in [0.15, 0.2) is 0 Å². The molecular weight excluding hydrogens is 1110 g/mol. The zero-order chi connectivity index (χ0) is 57.5. The fraction of sp³-hybridized carbons (Fsp3) is 0.516. The quantitative estimate of drug-likeness (QED) is 0.0673. The Labute approximate surface area is 490 Å². The normalized spacial score (nSPS) is 18.9. The summed E-state index contributed by atoms with van der Waals surface area (Å²) in [5.41, 5.74) is 3.46. The molecule has 0 amide bonds. The maximum atomic E-state index is 15.0. The molecule has 2 aromatic heterocycles. The second-order valence-corrected chi connectivity index (χ2v) is 29.2. The number of likely N-dealkylation sites (tertiary alicyclic amines) is 1. The van der Waals surface area contributed by atoms with Gasteiger partial charge in [0.25, 0.3) is 0 Å². The molecular formula is C62H81N7O9S4. The summed E-state index contributed by atoms with van der Waals surface area (Å²) in [7, 11) is -10.8. The number of hydrogen-bond donors (Lipinski definition) is 1. The van der Waals surface area contributed by atoms with Gasteiger partial charge in [0.2, 0.25) is 19.7 Å². The van der Waals surface area contributed by atoms with Crippen molar-refractivity contribution in [2.24, 2.45) is 5.92 Å². The number of pyridine rings is 2. The number of anilines is 2. The molecule has 0 aliphatic carbocycles. The van der Waals surface area contributed by atoms with Crippen LogP contribution in [0.15, 0.2) is 121 Å². The Kier molecular flexibility index (Phi) is 19.7. The van der Waals surface area contributed by atoms with Crippen LogP contribution in [-0.2, 0) is 47.8 Å². The number of hydrogen-bond acceptors (Lipinski definition) is 16. The Hall–Kier alpha value is -5.06. The average Bonchev–Trinajstić information content (AvgIpc) is 3.45. The molecule has 4 aliphatic heterocycles. The Morgan fingerprint density at radius 3 is 1.61 bits per heavy atom. The summed E-state index contributed by atoms with van der Waals surface area (Å²) in [6.07, 6.45) is 16.3. The van der Waals surface area contributed by atoms with Crippen LogP contribution in [-0.4, -0.2) is 165 Å². The van der Waals surface area contributed by atoms with Crippen LogP contribution in [0.1, 0.15) is 90.0 Å². The first-order valence-electron chi connectivity index (χ1n) is 29.5. The average molecular weight is 1200 g/mol. The molecule has 6 aromatic rings. The van der Waals surface area contributed by atoms with E-state index in [0.29, 0.717) is 112 Å². The molecule has 0 saturated carbocycles. The second kappa shape index (κ2) is 26.9. The van der Waals surface area contributed by atoms with Crippen LogP contribution in [0.4, 0.5) is 11.4 Å². The summed E-state index contributed by atoms with van der Waals surface area (Å²) < 4.78 is 97.5. The molecule has 20 heteroatoms. The SMILES string of the molecule is CCCCOc1ccc(S(=O)(=O)c2cnc3ccc(S(C)=O)cc3c2N2CCC(N3CCCN(Cc4cc(S(C)=O)cc5c(N6CCC(N7CCC(CO)CC7)CC6)c(S(=O)(=O)c6ccc(OCCCC)cc6)cnc45)CC3)CC2)cc1. The molecule has 4 aromatic carbocycles. The molecule has 16 nitrogen and oxygen atoms in total. The van der Waals surface area contributed by atoms with Crippen molar-refractivity contribution >= 4 is 74.5 Å². The standard InChI is InChI=1S/C62H81N7O9S4/c1-5-7-36-77-49-10-15-53(16-11-49)81(73,74)58-41-63-57-19-14-51(79(3)71)39-55(57)61(58)68-30-22-47(23-31-68)66-27-9-26-65(34-35-66)43-46-38-52(80(4)72)40-56-60(46)64-42-59(82(75,76)54-17-12-50(13-18-54)78-37-8-6-2)62(56)69-32-24-48(25-33-69)67-28-20-45(44-70)21-29-67/h10-19,38-42,45,47-48,70H,5-9,20-37,43-44H2,1-4H3. The molecule has 2 atom stereocenters. The van der Waals surface area contributed by atoms with Crippen molar-refractivity contribution in [1.82, 2.24) is 24.7 Å². The van der Waals surface area contributed by atoms with E-state index in [0.717, 1.165) is 115 Å². The van der Waals surface area contributed by atoms with Gasteiger partial charge in [0.1, 0.15) is 21.3 Å². The third-order valence-corrected chi connectivity index (χ3v) is 22.7. The number of aromatic nitrogens is 2. The Morgan fingerprint density at radius 1 is 0.573 bits per heavy atom. The van der Waals surface area contributed by atoms with Crippen LogP contribution in [0.25, 0.3) is 21.8 Å². The predicted molar refractivity (Wildman–Crippen MR) is 326 cm³/mol. The van der Waals surface area contributed by atoms with E-state index in [-0.39, 0.29) is 32.2 Å². The maximum Gasteiger partial charge on any atom is 0.210 e. The Bertz CT molecular complexity index is 3460. The summed E-state index contributed by atoms with van der Waals surface area (Å²) in [6.45, 7) is 13.8. The van der Waals surface area contributed by atoms with Gasteiger partial charge < -0.3 is 29.3 Å². The number of unbranched alkanes of at least 4 members (excludes halogenated alkanes) is 2. The first-order chi connectivity index (χ1) is 39.7. The van der Waals surface area contributed by atoms with E-state index in [1.165, 1.54) is 6.20 Å². The van der Waals surface area contributed by atoms with Crippen LogP contribution in [0, 0.1) is 5.92 Å². The van der Waals surface area contributed by atoms with E-state index in [1.807, 2.05) is 24.3 Å². The highest BCUT2D eigenvalue weighted by molar-refractivity contribution is 7.92. The minimum atomic E-state index is -4.08. The molecule has 10 rings (SSSR count). The molecule has 0 spiro atoms. The van der Waals surface area contributed by atoms with E-state index in [4.69, 9.17) is 14.5 Å². The smallest absolute Gasteiger partial charge is 0.210 e. The number of fused-ring (bicyclic) bond motifs is 2. The number of aliphatic hydroxyl groups excluding tert-OH is 1. The van der Waals surface area contributed by atoms with E-state index >= 15 is 0 Å². The van der Waals surface area contributed by atoms with Gasteiger partial charge in [-0.3, -0.25) is 28.2 Å². The number of benzene rings is 4. The summed E-state index contributed by atoms with van der Waals surface area (Å²) in [6, 6.07) is 23.3. The lowest BCUT2D eigenvalue weighted by atomic mass is 9.94. The fourth-order valence-electron chi connectivity index (χ4n) is 12.5. The van der Waals surface area contributed by atoms with Crippen molar-refractivity contribution in [3.05, 3.63) is 96.8 Å². The van der Waals surface area contributed by atoms with Gasteiger partial charge in [-0.1, -0.05) is 26.7 Å². The Morgan fingerprint density at radius 2 is 1.09 bits per heavy atom. The van der Waals surface area contributed by atoms with Gasteiger partial charge >= 0.3 is 0 Å². The molecule has 4 fully saturated rings. The monoisotopic (exact) mass is 1200 g/mol. The lowest BCUT2D eigenvalue weighted by molar-refractivity contribution is 0.0896. The van der Waals surface area contributed by atoms with Crippen LogP contribution >= 0.6 is 0 Å². The maximum absolute atomic E-state index is 15.0. The van der Waals surface area contributed by atoms with Gasteiger partial charge in [-0.25, -0.2) is 16.8 Å². The lowest BCUT2D eigenvalue weighted by Crippen LogP contribution is -2.48. The van der Waals surface area contributed by atoms with Gasteiger partial charge in [-0.05, 0) is 174 Å². The lowest BCUT2D eigenvalue weighted by Gasteiger charge is -2.42. The Balaban J connectivity index is 0.890. The van der Waals surface area contributed by atoms with Crippen molar-refractivity contribution in [3.8, 4) is 11.5 Å². The van der Waals surface area contributed by atoms with Crippen molar-refractivity contribution in [2.75, 3.05) is 108 Å². The van der Waals surface area contributed by atoms with Gasteiger partial charge in [0.05, 0.1) is 45.4 Å². The largest absolute Gasteiger partial charge is 0.494 e. The number of piperidine rings is 3. The number of aliphatic hydroxyl groups is 1. The van der Waals surface area contributed by atoms with Crippen molar-refractivity contribution < 1.29 is 39.8 Å². The summed E-state index contributed by atoms with van der Waals surface area (Å²) >= 11 is 0. The molecule has 6 heterocycles. The van der Waals surface area contributed by atoms with E-state index < -0.39 is 41.3 Å². The van der Waals surface area contributed by atoms with E-state index in [1.54, 1.807) is 73.3 Å². The second-order valence-electron chi connectivity index (χ2n) is 22.6. The third-order valence-electron chi connectivity index (χ3n) is 17.3. The van der Waals surface area contributed by atoms with Crippen LogP contribution in [0.2, 0.25) is 0 Å². The topological polar surface area (TPSA) is 183 Å². The van der Waals surface area contributed by atoms with E-state index in [2.05, 4.69) is 43.3 Å². The minimum Gasteiger partial charge on any atom is -0.494 e. The number of ether oxygens (including phenoxy) is 2. The molecule has 0 radical (unpaired) electrons. The van der Waals surface area contributed by atoms with Crippen molar-refractivity contribution in [1.29, 1.82) is 0 Å². The zero-order valence-electron chi connectivity index (χ0n) is 48.0. The fourth-order valence-corrected chi connectivity index (χ4v) is 16.5. The van der Waals surface area contributed by atoms with Crippen molar-refractivity contribution in [2.45, 2.75) is 132 Å². The molecule has 0 bridgehead atoms. The highest BCUT2D eigenvalue weighted by atomic mass is 32.2. The number of sulfone groups is 2. The van der Waals surface area contributed by atoms with E-state index in [9.17, 15) is 30.4 Å². The summed E-state index contributed by atoms with van der Waals surface area (Å²) in [5.74, 6) is 1.58. The third kappa shape index (κ3) is 13.4. The van der Waals surface area contributed by atoms with Gasteiger partial charge in [-0.2, -0.15) is 0 Å². The van der Waals surface area contributed by atoms with Crippen molar-refractivity contribution in [3.63, 3.8) is 0 Å². The molecule has 4 aliphatic rings. The summed E-state index contributed by atoms with van der Waals surface area (Å²) in [5, 5.41) is 11.2. The molecule has 442 valence electrons. The molecule has 1 N–H and O–H groups in total. The van der Waals surface area contributed by atoms with Crippen LogP contribution < -0.4 is 19.3 Å². The predicted octanol–water partition coefficient (Wildman–Crippen LogP) is 9.13. The minimum absolute atomic E-state index is 0.124. The first-order valence-corrected chi connectivity index (χ1v) is 35.6. The highest BCUT2D eigenvalue weighted by Gasteiger charge is 2.35. The van der Waals surface area contributed by atoms with Crippen LogP contribution in [0.3, 0.4) is 0 Å². The molecule has 4 saturated heterocycles. The zero-order valence-corrected chi connectivity index (χ0v) is 51.3. The number of nitrogens with zero attached hydrogens (tertiary/aromatic N) is 7.